The van der Waals surface area contributed by atoms with E-state index in [1.165, 1.54) is 0 Å². The maximum atomic E-state index is 6.91. The van der Waals surface area contributed by atoms with E-state index in [4.69, 9.17) is 18.2 Å². The first-order valence-corrected chi connectivity index (χ1v) is 6.14. The smallest absolute Gasteiger partial charge is 0.230 e. The van der Waals surface area contributed by atoms with Gasteiger partial charge >= 0.3 is 0 Å². The van der Waals surface area contributed by atoms with Crippen molar-refractivity contribution < 1.29 is 0 Å². The van der Waals surface area contributed by atoms with Crippen LogP contribution in [0, 0.1) is 6.57 Å². The molecule has 0 radical (unpaired) electrons. The van der Waals surface area contributed by atoms with Gasteiger partial charge in [-0.2, -0.15) is 9.97 Å². The van der Waals surface area contributed by atoms with Crippen molar-refractivity contribution in [3.05, 3.63) is 47.2 Å². The molecule has 7 heteroatoms. The Morgan fingerprint density at radius 3 is 2.70 bits per heavy atom. The fraction of sp³-hybridized carbons (Fsp3) is 0.0769. The van der Waals surface area contributed by atoms with Crippen molar-refractivity contribution in [3.8, 4) is 0 Å². The van der Waals surface area contributed by atoms with Crippen LogP contribution in [0.5, 0.6) is 0 Å². The third-order valence-corrected chi connectivity index (χ3v) is 3.03. The summed E-state index contributed by atoms with van der Waals surface area (Å²) >= 11 is 6.08. The zero-order valence-electron chi connectivity index (χ0n) is 10.5. The van der Waals surface area contributed by atoms with Crippen LogP contribution < -0.4 is 5.32 Å². The van der Waals surface area contributed by atoms with Crippen LogP contribution in [0.25, 0.3) is 16.0 Å². The van der Waals surface area contributed by atoms with Crippen LogP contribution in [0.15, 0.2) is 30.6 Å². The van der Waals surface area contributed by atoms with Gasteiger partial charge < -0.3 is 9.88 Å². The molecule has 2 heterocycles. The molecule has 0 fully saturated rings. The minimum atomic E-state index is 0.302. The van der Waals surface area contributed by atoms with Crippen LogP contribution in [0.2, 0.25) is 5.15 Å². The third-order valence-electron chi connectivity index (χ3n) is 2.77. The highest BCUT2D eigenvalue weighted by Crippen LogP contribution is 2.23. The van der Waals surface area contributed by atoms with Crippen molar-refractivity contribution in [2.45, 2.75) is 0 Å². The van der Waals surface area contributed by atoms with Crippen molar-refractivity contribution in [1.29, 1.82) is 0 Å². The third kappa shape index (κ3) is 2.15. The number of nitrogens with one attached hydrogen (secondary N) is 1. The van der Waals surface area contributed by atoms with Crippen LogP contribution >= 0.6 is 11.6 Å². The second kappa shape index (κ2) is 4.79. The molecular weight excluding hydrogens is 276 g/mol. The number of hydrogen-bond donors (Lipinski definition) is 1. The molecule has 0 spiro atoms. The SMILES string of the molecule is [C-]#[N+]c1ccc(Nc2nc(Cl)c3ncn(C)c3n2)cc1. The summed E-state index contributed by atoms with van der Waals surface area (Å²) in [7, 11) is 1.84. The Balaban J connectivity index is 1.97. The Morgan fingerprint density at radius 2 is 2.00 bits per heavy atom. The minimum absolute atomic E-state index is 0.302. The van der Waals surface area contributed by atoms with Crippen LogP contribution in [-0.2, 0) is 7.05 Å². The molecule has 6 nitrogen and oxygen atoms in total. The van der Waals surface area contributed by atoms with Crippen molar-refractivity contribution in [3.63, 3.8) is 0 Å². The Bertz CT molecular complexity index is 815. The highest BCUT2D eigenvalue weighted by atomic mass is 35.5. The highest BCUT2D eigenvalue weighted by molar-refractivity contribution is 6.33. The normalized spacial score (nSPS) is 10.4. The summed E-state index contributed by atoms with van der Waals surface area (Å²) in [6.07, 6.45) is 1.64. The average Bonchev–Trinajstić information content (AvgIpc) is 2.82. The molecule has 0 unspecified atom stereocenters. The molecule has 0 amide bonds. The maximum Gasteiger partial charge on any atom is 0.230 e. The fourth-order valence-corrected chi connectivity index (χ4v) is 1.99. The molecular formula is C13H9ClN6. The number of aromatic nitrogens is 4. The minimum Gasteiger partial charge on any atom is -0.324 e. The molecule has 0 aliphatic rings. The monoisotopic (exact) mass is 284 g/mol. The Kier molecular flexibility index (Phi) is 2.97. The van der Waals surface area contributed by atoms with E-state index >= 15 is 0 Å². The van der Waals surface area contributed by atoms with Crippen molar-refractivity contribution >= 4 is 40.1 Å². The average molecular weight is 285 g/mol. The number of fused-ring (bicyclic) bond motifs is 1. The van der Waals surface area contributed by atoms with Crippen LogP contribution in [0.4, 0.5) is 17.3 Å². The maximum absolute atomic E-state index is 6.91. The first-order valence-electron chi connectivity index (χ1n) is 5.76. The number of anilines is 2. The quantitative estimate of drug-likeness (QED) is 0.579. The Labute approximate surface area is 119 Å². The molecule has 0 bridgehead atoms. The molecule has 0 saturated heterocycles. The lowest BCUT2D eigenvalue weighted by Gasteiger charge is -2.05. The molecule has 2 aromatic heterocycles. The lowest BCUT2D eigenvalue weighted by Crippen LogP contribution is -1.99. The molecule has 20 heavy (non-hydrogen) atoms. The van der Waals surface area contributed by atoms with Gasteiger partial charge in [0.15, 0.2) is 16.5 Å². The second-order valence-corrected chi connectivity index (χ2v) is 4.51. The van der Waals surface area contributed by atoms with Gasteiger partial charge in [-0.15, -0.1) is 0 Å². The number of halogens is 1. The van der Waals surface area contributed by atoms with E-state index in [1.807, 2.05) is 7.05 Å². The number of aryl methyl sites for hydroxylation is 1. The van der Waals surface area contributed by atoms with Crippen molar-refractivity contribution in [2.24, 2.45) is 7.05 Å². The largest absolute Gasteiger partial charge is 0.324 e. The van der Waals surface area contributed by atoms with Gasteiger partial charge in [-0.3, -0.25) is 0 Å². The topological polar surface area (TPSA) is 60.0 Å². The lowest BCUT2D eigenvalue weighted by atomic mass is 10.3. The fourth-order valence-electron chi connectivity index (χ4n) is 1.78. The van der Waals surface area contributed by atoms with E-state index in [0.717, 1.165) is 5.69 Å². The predicted molar refractivity (Wildman–Crippen MR) is 77.3 cm³/mol. The van der Waals surface area contributed by atoms with Gasteiger partial charge in [0.25, 0.3) is 0 Å². The van der Waals surface area contributed by atoms with E-state index in [2.05, 4.69) is 25.1 Å². The molecule has 0 saturated carbocycles. The van der Waals surface area contributed by atoms with Crippen molar-refractivity contribution in [1.82, 2.24) is 19.5 Å². The molecule has 0 atom stereocenters. The van der Waals surface area contributed by atoms with E-state index in [9.17, 15) is 0 Å². The lowest BCUT2D eigenvalue weighted by molar-refractivity contribution is 0.929. The highest BCUT2D eigenvalue weighted by Gasteiger charge is 2.10. The molecule has 0 aliphatic carbocycles. The first-order chi connectivity index (χ1) is 9.67. The van der Waals surface area contributed by atoms with Crippen LogP contribution in [0.3, 0.4) is 0 Å². The number of hydrogen-bond acceptors (Lipinski definition) is 4. The summed E-state index contributed by atoms with van der Waals surface area (Å²) in [6.45, 7) is 6.91. The standard InChI is InChI=1S/C13H9ClN6/c1-15-8-3-5-9(6-4-8)17-13-18-11(14)10-12(19-13)20(2)7-16-10/h3-7H,2H3,(H,17,18,19). The zero-order chi connectivity index (χ0) is 14.1. The summed E-state index contributed by atoms with van der Waals surface area (Å²) < 4.78 is 1.77. The number of imidazole rings is 1. The van der Waals surface area contributed by atoms with E-state index in [0.29, 0.717) is 28.0 Å². The van der Waals surface area contributed by atoms with Crippen molar-refractivity contribution in [2.75, 3.05) is 5.32 Å². The van der Waals surface area contributed by atoms with Gasteiger partial charge in [-0.05, 0) is 12.1 Å². The summed E-state index contributed by atoms with van der Waals surface area (Å²) in [6, 6.07) is 7.02. The zero-order valence-corrected chi connectivity index (χ0v) is 11.3. The van der Waals surface area contributed by atoms with E-state index in [-0.39, 0.29) is 0 Å². The number of benzene rings is 1. The molecule has 3 rings (SSSR count). The molecule has 1 aromatic carbocycles. The first kappa shape index (κ1) is 12.4. The second-order valence-electron chi connectivity index (χ2n) is 4.15. The summed E-state index contributed by atoms with van der Waals surface area (Å²) in [4.78, 5) is 16.0. The van der Waals surface area contributed by atoms with Gasteiger partial charge in [0.2, 0.25) is 5.95 Å². The Hall–Kier alpha value is -2.65. The summed E-state index contributed by atoms with van der Waals surface area (Å²) in [5.41, 5.74) is 2.60. The van der Waals surface area contributed by atoms with Gasteiger partial charge in [0.05, 0.1) is 12.9 Å². The molecule has 98 valence electrons. The van der Waals surface area contributed by atoms with Gasteiger partial charge in [0.1, 0.15) is 5.52 Å². The number of nitrogens with zero attached hydrogens (tertiary/aromatic N) is 5. The van der Waals surface area contributed by atoms with Gasteiger partial charge in [-0.1, -0.05) is 23.7 Å². The van der Waals surface area contributed by atoms with E-state index < -0.39 is 0 Å². The Morgan fingerprint density at radius 1 is 1.25 bits per heavy atom. The number of rotatable bonds is 2. The van der Waals surface area contributed by atoms with E-state index in [1.54, 1.807) is 35.2 Å². The van der Waals surface area contributed by atoms with Gasteiger partial charge in [0, 0.05) is 12.7 Å². The molecule has 0 aliphatic heterocycles. The summed E-state index contributed by atoms with van der Waals surface area (Å²) in [5, 5.41) is 3.36. The summed E-state index contributed by atoms with van der Waals surface area (Å²) in [5.74, 6) is 0.390. The van der Waals surface area contributed by atoms with Gasteiger partial charge in [-0.25, -0.2) is 9.83 Å². The predicted octanol–water partition coefficient (Wildman–Crippen LogP) is 3.31. The van der Waals surface area contributed by atoms with Crippen LogP contribution in [0.1, 0.15) is 0 Å². The molecule has 3 aromatic rings. The molecule has 1 N–H and O–H groups in total. The van der Waals surface area contributed by atoms with Crippen LogP contribution in [-0.4, -0.2) is 19.5 Å².